The van der Waals surface area contributed by atoms with E-state index in [1.165, 1.54) is 0 Å². The molecular weight excluding hydrogens is 214 g/mol. The van der Waals surface area contributed by atoms with Gasteiger partial charge in [-0.1, -0.05) is 6.07 Å². The van der Waals surface area contributed by atoms with Crippen molar-refractivity contribution in [3.63, 3.8) is 0 Å². The minimum absolute atomic E-state index is 0.175. The van der Waals surface area contributed by atoms with Crippen LogP contribution in [0.25, 0.3) is 0 Å². The van der Waals surface area contributed by atoms with Crippen molar-refractivity contribution in [1.82, 2.24) is 4.98 Å². The van der Waals surface area contributed by atoms with Crippen LogP contribution in [0.1, 0.15) is 31.4 Å². The van der Waals surface area contributed by atoms with Gasteiger partial charge in [-0.2, -0.15) is 5.26 Å². The van der Waals surface area contributed by atoms with Crippen molar-refractivity contribution in [3.05, 3.63) is 23.9 Å². The van der Waals surface area contributed by atoms with E-state index >= 15 is 0 Å². The molecule has 1 aliphatic carbocycles. The van der Waals surface area contributed by atoms with E-state index < -0.39 is 0 Å². The van der Waals surface area contributed by atoms with Gasteiger partial charge in [0, 0.05) is 13.2 Å². The lowest BCUT2D eigenvalue weighted by atomic mass is 9.67. The first-order chi connectivity index (χ1) is 8.30. The Morgan fingerprint density at radius 2 is 2.29 bits per heavy atom. The zero-order chi connectivity index (χ0) is 12.1. The van der Waals surface area contributed by atoms with Crippen LogP contribution in [0.4, 0.5) is 5.82 Å². The van der Waals surface area contributed by atoms with Crippen LogP contribution in [0.2, 0.25) is 0 Å². The SMILES string of the molecule is N#CC1(c2cccc(NCCCO)n2)CCC1. The number of nitrogens with zero attached hydrogens (tertiary/aromatic N) is 2. The molecule has 1 fully saturated rings. The highest BCUT2D eigenvalue weighted by molar-refractivity contribution is 5.40. The molecule has 1 heterocycles. The molecule has 1 saturated carbocycles. The van der Waals surface area contributed by atoms with Gasteiger partial charge in [-0.3, -0.25) is 0 Å². The number of pyridine rings is 1. The topological polar surface area (TPSA) is 68.9 Å². The van der Waals surface area contributed by atoms with Gasteiger partial charge in [-0.25, -0.2) is 4.98 Å². The fourth-order valence-corrected chi connectivity index (χ4v) is 2.05. The molecule has 0 atom stereocenters. The van der Waals surface area contributed by atoms with Crippen molar-refractivity contribution >= 4 is 5.82 Å². The number of nitriles is 1. The first-order valence-electron chi connectivity index (χ1n) is 6.04. The highest BCUT2D eigenvalue weighted by atomic mass is 16.3. The van der Waals surface area contributed by atoms with E-state index in [0.29, 0.717) is 13.0 Å². The van der Waals surface area contributed by atoms with Crippen LogP contribution in [0.15, 0.2) is 18.2 Å². The molecule has 2 N–H and O–H groups in total. The van der Waals surface area contributed by atoms with Crippen LogP contribution >= 0.6 is 0 Å². The first-order valence-corrected chi connectivity index (χ1v) is 6.04. The summed E-state index contributed by atoms with van der Waals surface area (Å²) in [5, 5.41) is 21.1. The number of aromatic nitrogens is 1. The quantitative estimate of drug-likeness (QED) is 0.758. The van der Waals surface area contributed by atoms with E-state index in [1.54, 1.807) is 0 Å². The standard InChI is InChI=1S/C13H17N3O/c14-10-13(6-2-7-13)11-4-1-5-12(16-11)15-8-3-9-17/h1,4-5,17H,2-3,6-9H2,(H,15,16). The van der Waals surface area contributed by atoms with Gasteiger partial charge in [-0.05, 0) is 37.8 Å². The van der Waals surface area contributed by atoms with Crippen molar-refractivity contribution < 1.29 is 5.11 Å². The summed E-state index contributed by atoms with van der Waals surface area (Å²) >= 11 is 0. The Bertz CT molecular complexity index is 421. The molecule has 0 aromatic carbocycles. The molecule has 17 heavy (non-hydrogen) atoms. The molecule has 0 bridgehead atoms. The summed E-state index contributed by atoms with van der Waals surface area (Å²) in [5.74, 6) is 0.789. The van der Waals surface area contributed by atoms with Crippen molar-refractivity contribution in [3.8, 4) is 6.07 Å². The Kier molecular flexibility index (Phi) is 3.60. The maximum absolute atomic E-state index is 9.25. The molecule has 1 aromatic rings. The smallest absolute Gasteiger partial charge is 0.126 e. The summed E-state index contributed by atoms with van der Waals surface area (Å²) in [5.41, 5.74) is 0.523. The second-order valence-electron chi connectivity index (χ2n) is 4.46. The molecule has 1 aliphatic rings. The number of aliphatic hydroxyl groups excluding tert-OH is 1. The van der Waals surface area contributed by atoms with Crippen LogP contribution in [0.5, 0.6) is 0 Å². The Labute approximate surface area is 101 Å². The summed E-state index contributed by atoms with van der Waals surface area (Å²) in [6.07, 6.45) is 3.64. The van der Waals surface area contributed by atoms with Crippen molar-refractivity contribution in [2.45, 2.75) is 31.1 Å². The molecule has 0 amide bonds. The predicted octanol–water partition coefficient (Wildman–Crippen LogP) is 1.82. The lowest BCUT2D eigenvalue weighted by Gasteiger charge is -2.34. The van der Waals surface area contributed by atoms with Crippen LogP contribution in [-0.4, -0.2) is 23.2 Å². The number of anilines is 1. The molecule has 0 unspecified atom stereocenters. The number of nitrogens with one attached hydrogen (secondary N) is 1. The molecule has 0 aliphatic heterocycles. The molecule has 90 valence electrons. The first kappa shape index (κ1) is 11.9. The Morgan fingerprint density at radius 1 is 1.47 bits per heavy atom. The lowest BCUT2D eigenvalue weighted by Crippen LogP contribution is -2.33. The van der Waals surface area contributed by atoms with Gasteiger partial charge >= 0.3 is 0 Å². The molecule has 0 spiro atoms. The zero-order valence-corrected chi connectivity index (χ0v) is 9.82. The van der Waals surface area contributed by atoms with Crippen LogP contribution in [-0.2, 0) is 5.41 Å². The van der Waals surface area contributed by atoms with Crippen molar-refractivity contribution in [1.29, 1.82) is 5.26 Å². The fraction of sp³-hybridized carbons (Fsp3) is 0.538. The van der Waals surface area contributed by atoms with E-state index in [9.17, 15) is 5.26 Å². The monoisotopic (exact) mass is 231 g/mol. The van der Waals surface area contributed by atoms with Crippen molar-refractivity contribution in [2.75, 3.05) is 18.5 Å². The van der Waals surface area contributed by atoms with Crippen molar-refractivity contribution in [2.24, 2.45) is 0 Å². The van der Waals surface area contributed by atoms with Gasteiger partial charge in [-0.15, -0.1) is 0 Å². The number of hydrogen-bond donors (Lipinski definition) is 2. The number of hydrogen-bond acceptors (Lipinski definition) is 4. The van der Waals surface area contributed by atoms with Crippen LogP contribution in [0, 0.1) is 11.3 Å². The number of aliphatic hydroxyl groups is 1. The highest BCUT2D eigenvalue weighted by Crippen LogP contribution is 2.42. The van der Waals surface area contributed by atoms with Gasteiger partial charge < -0.3 is 10.4 Å². The van der Waals surface area contributed by atoms with E-state index in [0.717, 1.165) is 30.8 Å². The molecule has 4 heteroatoms. The van der Waals surface area contributed by atoms with Crippen LogP contribution in [0.3, 0.4) is 0 Å². The van der Waals surface area contributed by atoms with Gasteiger partial charge in [0.15, 0.2) is 0 Å². The van der Waals surface area contributed by atoms with Gasteiger partial charge in [0.2, 0.25) is 0 Å². The number of rotatable bonds is 5. The summed E-state index contributed by atoms with van der Waals surface area (Å²) in [6, 6.07) is 8.15. The van der Waals surface area contributed by atoms with E-state index in [2.05, 4.69) is 16.4 Å². The summed E-state index contributed by atoms with van der Waals surface area (Å²) in [6.45, 7) is 0.876. The second kappa shape index (κ2) is 5.15. The highest BCUT2D eigenvalue weighted by Gasteiger charge is 2.40. The average molecular weight is 231 g/mol. The third-order valence-corrected chi connectivity index (χ3v) is 3.30. The minimum Gasteiger partial charge on any atom is -0.396 e. The van der Waals surface area contributed by atoms with Gasteiger partial charge in [0.05, 0.1) is 17.2 Å². The van der Waals surface area contributed by atoms with Gasteiger partial charge in [0.1, 0.15) is 5.82 Å². The van der Waals surface area contributed by atoms with Gasteiger partial charge in [0.25, 0.3) is 0 Å². The maximum atomic E-state index is 9.25. The molecule has 1 aromatic heterocycles. The molecule has 2 rings (SSSR count). The van der Waals surface area contributed by atoms with E-state index in [4.69, 9.17) is 5.11 Å². The Hall–Kier alpha value is -1.60. The molecule has 0 saturated heterocycles. The maximum Gasteiger partial charge on any atom is 0.126 e. The summed E-state index contributed by atoms with van der Waals surface area (Å²) in [7, 11) is 0. The predicted molar refractivity (Wildman–Crippen MR) is 65.6 cm³/mol. The molecule has 0 radical (unpaired) electrons. The average Bonchev–Trinajstić information content (AvgIpc) is 2.29. The third-order valence-electron chi connectivity index (χ3n) is 3.30. The lowest BCUT2D eigenvalue weighted by molar-refractivity contribution is 0.292. The third kappa shape index (κ3) is 2.40. The Balaban J connectivity index is 2.09. The van der Waals surface area contributed by atoms with E-state index in [1.807, 2.05) is 18.2 Å². The summed E-state index contributed by atoms with van der Waals surface area (Å²) < 4.78 is 0. The fourth-order valence-electron chi connectivity index (χ4n) is 2.05. The van der Waals surface area contributed by atoms with Crippen LogP contribution < -0.4 is 5.32 Å². The Morgan fingerprint density at radius 3 is 2.88 bits per heavy atom. The normalized spacial score (nSPS) is 16.9. The zero-order valence-electron chi connectivity index (χ0n) is 9.82. The second-order valence-corrected chi connectivity index (χ2v) is 4.46. The molecular formula is C13H17N3O. The minimum atomic E-state index is -0.353. The van der Waals surface area contributed by atoms with E-state index in [-0.39, 0.29) is 12.0 Å². The summed E-state index contributed by atoms with van der Waals surface area (Å²) in [4.78, 5) is 4.49. The molecule has 4 nitrogen and oxygen atoms in total. The largest absolute Gasteiger partial charge is 0.396 e.